The molecule has 1 aromatic heterocycles. The molecule has 1 aromatic rings. The van der Waals surface area contributed by atoms with Crippen molar-refractivity contribution >= 4 is 11.8 Å². The number of H-pyrrole nitrogens is 1. The van der Waals surface area contributed by atoms with Gasteiger partial charge in [0, 0.05) is 30.6 Å². The summed E-state index contributed by atoms with van der Waals surface area (Å²) in [6.07, 6.45) is 0.670. The summed E-state index contributed by atoms with van der Waals surface area (Å²) in [6.45, 7) is 0.592. The standard InChI is InChI=1S/C9H12N2O2S/c1-13-3-2-8-10-7-5-14-4-6(7)9(12)11-8/h2-5H2,1H3,(H,10,11,12). The highest BCUT2D eigenvalue weighted by molar-refractivity contribution is 7.98. The number of aromatic amines is 1. The molecular formula is C9H12N2O2S. The molecule has 0 spiro atoms. The minimum absolute atomic E-state index is 0.0195. The molecule has 0 unspecified atom stereocenters. The number of aromatic nitrogens is 2. The first-order valence-corrected chi connectivity index (χ1v) is 5.64. The molecule has 0 aliphatic carbocycles. The van der Waals surface area contributed by atoms with Crippen LogP contribution in [0.2, 0.25) is 0 Å². The second-order valence-electron chi connectivity index (χ2n) is 3.17. The third kappa shape index (κ3) is 1.83. The number of hydrogen-bond acceptors (Lipinski definition) is 4. The van der Waals surface area contributed by atoms with Gasteiger partial charge < -0.3 is 9.72 Å². The molecule has 76 valence electrons. The molecule has 5 heteroatoms. The zero-order chi connectivity index (χ0) is 9.97. The van der Waals surface area contributed by atoms with Crippen LogP contribution in [0, 0.1) is 0 Å². The lowest BCUT2D eigenvalue weighted by atomic mass is 10.2. The van der Waals surface area contributed by atoms with Gasteiger partial charge >= 0.3 is 0 Å². The molecule has 0 saturated carbocycles. The fraction of sp³-hybridized carbons (Fsp3) is 0.556. The normalized spacial score (nSPS) is 14.4. The predicted molar refractivity (Wildman–Crippen MR) is 55.4 cm³/mol. The largest absolute Gasteiger partial charge is 0.384 e. The maximum atomic E-state index is 11.5. The first-order chi connectivity index (χ1) is 6.81. The number of nitrogens with zero attached hydrogens (tertiary/aromatic N) is 1. The summed E-state index contributed by atoms with van der Waals surface area (Å²) < 4.78 is 4.94. The zero-order valence-corrected chi connectivity index (χ0v) is 8.82. The van der Waals surface area contributed by atoms with Gasteiger partial charge in [-0.2, -0.15) is 11.8 Å². The van der Waals surface area contributed by atoms with Crippen molar-refractivity contribution in [2.45, 2.75) is 17.9 Å². The number of rotatable bonds is 3. The smallest absolute Gasteiger partial charge is 0.255 e. The maximum absolute atomic E-state index is 11.5. The van der Waals surface area contributed by atoms with E-state index >= 15 is 0 Å². The van der Waals surface area contributed by atoms with Crippen LogP contribution in [0.1, 0.15) is 17.1 Å². The van der Waals surface area contributed by atoms with E-state index < -0.39 is 0 Å². The maximum Gasteiger partial charge on any atom is 0.255 e. The topological polar surface area (TPSA) is 55.0 Å². The molecule has 2 rings (SSSR count). The molecule has 0 amide bonds. The first-order valence-electron chi connectivity index (χ1n) is 4.49. The fourth-order valence-corrected chi connectivity index (χ4v) is 2.47. The minimum atomic E-state index is 0.0195. The van der Waals surface area contributed by atoms with E-state index in [-0.39, 0.29) is 5.56 Å². The molecule has 1 aliphatic rings. The number of nitrogens with one attached hydrogen (secondary N) is 1. The fourth-order valence-electron chi connectivity index (χ4n) is 1.43. The van der Waals surface area contributed by atoms with E-state index in [1.807, 2.05) is 0 Å². The summed E-state index contributed by atoms with van der Waals surface area (Å²) in [4.78, 5) is 18.7. The number of ether oxygens (including phenoxy) is 1. The molecule has 0 aromatic carbocycles. The Morgan fingerprint density at radius 1 is 1.57 bits per heavy atom. The van der Waals surface area contributed by atoms with E-state index in [0.29, 0.717) is 13.0 Å². The lowest BCUT2D eigenvalue weighted by molar-refractivity contribution is 0.200. The van der Waals surface area contributed by atoms with E-state index in [1.165, 1.54) is 0 Å². The molecule has 0 fully saturated rings. The van der Waals surface area contributed by atoms with Crippen LogP contribution in [0.15, 0.2) is 4.79 Å². The summed E-state index contributed by atoms with van der Waals surface area (Å²) in [5, 5.41) is 0. The average molecular weight is 212 g/mol. The van der Waals surface area contributed by atoms with Gasteiger partial charge in [-0.1, -0.05) is 0 Å². The number of thioether (sulfide) groups is 1. The van der Waals surface area contributed by atoms with E-state index in [1.54, 1.807) is 18.9 Å². The van der Waals surface area contributed by atoms with Gasteiger partial charge in [0.25, 0.3) is 5.56 Å². The highest BCUT2D eigenvalue weighted by Gasteiger charge is 2.17. The monoisotopic (exact) mass is 212 g/mol. The van der Waals surface area contributed by atoms with Crippen molar-refractivity contribution in [3.05, 3.63) is 27.4 Å². The van der Waals surface area contributed by atoms with Crippen LogP contribution < -0.4 is 5.56 Å². The van der Waals surface area contributed by atoms with Crippen LogP contribution in [-0.4, -0.2) is 23.7 Å². The molecule has 1 aliphatic heterocycles. The van der Waals surface area contributed by atoms with Crippen LogP contribution in [-0.2, 0) is 22.7 Å². The Hall–Kier alpha value is -0.810. The van der Waals surface area contributed by atoms with Crippen molar-refractivity contribution in [3.63, 3.8) is 0 Å². The molecule has 4 nitrogen and oxygen atoms in total. The van der Waals surface area contributed by atoms with Gasteiger partial charge in [-0.05, 0) is 0 Å². The van der Waals surface area contributed by atoms with E-state index in [2.05, 4.69) is 9.97 Å². The number of methoxy groups -OCH3 is 1. The second-order valence-corrected chi connectivity index (χ2v) is 4.16. The van der Waals surface area contributed by atoms with Crippen molar-refractivity contribution in [1.82, 2.24) is 9.97 Å². The Balaban J connectivity index is 2.28. The third-order valence-corrected chi connectivity index (χ3v) is 3.15. The lowest BCUT2D eigenvalue weighted by Crippen LogP contribution is -2.17. The SMILES string of the molecule is COCCc1nc2c(c(=O)[nH]1)CSC2. The van der Waals surface area contributed by atoms with Crippen molar-refractivity contribution in [3.8, 4) is 0 Å². The molecule has 1 N–H and O–H groups in total. The quantitative estimate of drug-likeness (QED) is 0.801. The molecule has 2 heterocycles. The third-order valence-electron chi connectivity index (χ3n) is 2.18. The van der Waals surface area contributed by atoms with Gasteiger partial charge in [0.05, 0.1) is 12.3 Å². The second kappa shape index (κ2) is 4.14. The average Bonchev–Trinajstić information content (AvgIpc) is 2.63. The van der Waals surface area contributed by atoms with Gasteiger partial charge in [0.15, 0.2) is 0 Å². The molecule has 0 saturated heterocycles. The number of hydrogen-bond donors (Lipinski definition) is 1. The summed E-state index contributed by atoms with van der Waals surface area (Å²) in [7, 11) is 1.64. The van der Waals surface area contributed by atoms with Gasteiger partial charge in [0.2, 0.25) is 0 Å². The van der Waals surface area contributed by atoms with Crippen molar-refractivity contribution in [2.75, 3.05) is 13.7 Å². The molecule has 0 bridgehead atoms. The molecular weight excluding hydrogens is 200 g/mol. The molecule has 14 heavy (non-hydrogen) atoms. The van der Waals surface area contributed by atoms with Gasteiger partial charge in [-0.25, -0.2) is 4.98 Å². The summed E-state index contributed by atoms with van der Waals surface area (Å²) in [5.41, 5.74) is 1.81. The summed E-state index contributed by atoms with van der Waals surface area (Å²) in [5.74, 6) is 2.39. The van der Waals surface area contributed by atoms with Gasteiger partial charge in [-0.3, -0.25) is 4.79 Å². The van der Waals surface area contributed by atoms with Crippen molar-refractivity contribution in [2.24, 2.45) is 0 Å². The van der Waals surface area contributed by atoms with E-state index in [9.17, 15) is 4.79 Å². The van der Waals surface area contributed by atoms with E-state index in [0.717, 1.165) is 28.6 Å². The Kier molecular flexibility index (Phi) is 2.88. The Morgan fingerprint density at radius 3 is 3.21 bits per heavy atom. The lowest BCUT2D eigenvalue weighted by Gasteiger charge is -2.02. The van der Waals surface area contributed by atoms with Gasteiger partial charge in [-0.15, -0.1) is 0 Å². The predicted octanol–water partition coefficient (Wildman–Crippen LogP) is 0.706. The summed E-state index contributed by atoms with van der Waals surface area (Å²) >= 11 is 1.74. The Morgan fingerprint density at radius 2 is 2.43 bits per heavy atom. The van der Waals surface area contributed by atoms with Crippen molar-refractivity contribution in [1.29, 1.82) is 0 Å². The first kappa shape index (κ1) is 9.73. The van der Waals surface area contributed by atoms with Crippen LogP contribution in [0.4, 0.5) is 0 Å². The van der Waals surface area contributed by atoms with Gasteiger partial charge in [0.1, 0.15) is 5.82 Å². The highest BCUT2D eigenvalue weighted by Crippen LogP contribution is 2.24. The minimum Gasteiger partial charge on any atom is -0.384 e. The highest BCUT2D eigenvalue weighted by atomic mass is 32.2. The van der Waals surface area contributed by atoms with Crippen LogP contribution >= 0.6 is 11.8 Å². The van der Waals surface area contributed by atoms with E-state index in [4.69, 9.17) is 4.74 Å². The van der Waals surface area contributed by atoms with Crippen molar-refractivity contribution < 1.29 is 4.74 Å². The molecule has 0 radical (unpaired) electrons. The molecule has 0 atom stereocenters. The summed E-state index contributed by atoms with van der Waals surface area (Å²) in [6, 6.07) is 0. The van der Waals surface area contributed by atoms with Crippen LogP contribution in [0.5, 0.6) is 0 Å². The Labute approximate surface area is 86.1 Å². The number of fused-ring (bicyclic) bond motifs is 1. The van der Waals surface area contributed by atoms with Crippen LogP contribution in [0.3, 0.4) is 0 Å². The van der Waals surface area contributed by atoms with Crippen LogP contribution in [0.25, 0.3) is 0 Å². The zero-order valence-electron chi connectivity index (χ0n) is 8.00. The Bertz CT molecular complexity index is 389.